The van der Waals surface area contributed by atoms with Gasteiger partial charge in [0.25, 0.3) is 0 Å². The molecule has 2 aromatic rings. The second-order valence-electron chi connectivity index (χ2n) is 8.53. The number of hydrogen-bond donors (Lipinski definition) is 0. The highest BCUT2D eigenvalue weighted by atomic mass is 32.1. The molecule has 0 saturated carbocycles. The van der Waals surface area contributed by atoms with E-state index < -0.39 is 15.2 Å². The Labute approximate surface area is 184 Å². The van der Waals surface area contributed by atoms with Crippen LogP contribution in [0.5, 0.6) is 0 Å². The van der Waals surface area contributed by atoms with E-state index in [0.717, 1.165) is 0 Å². The van der Waals surface area contributed by atoms with E-state index in [0.29, 0.717) is 0 Å². The van der Waals surface area contributed by atoms with Crippen LogP contribution in [-0.4, -0.2) is 15.2 Å². The van der Waals surface area contributed by atoms with Gasteiger partial charge in [-0.25, -0.2) is 0 Å². The summed E-state index contributed by atoms with van der Waals surface area (Å²) in [5.74, 6) is 0. The van der Waals surface area contributed by atoms with Crippen LogP contribution in [0.4, 0.5) is 0 Å². The minimum atomic E-state index is -1.55. The van der Waals surface area contributed by atoms with Crippen LogP contribution >= 0.6 is 22.7 Å². The lowest BCUT2D eigenvalue weighted by Crippen LogP contribution is -2.74. The smallest absolute Gasteiger partial charge is 0.0992 e. The van der Waals surface area contributed by atoms with Crippen LogP contribution in [0.1, 0.15) is 79.1 Å². The molecule has 0 nitrogen and oxygen atoms in total. The van der Waals surface area contributed by atoms with Crippen LogP contribution in [0.2, 0.25) is 24.2 Å². The Morgan fingerprint density at radius 2 is 0.893 bits per heavy atom. The standard InChI is InChI=1S/C24H42S2Si2/c1-5-9-19-27(20-10-6-2,23-15-13-17-25-23)28(21-11-7-3,22-12-8-4)24-16-14-18-26-24/h13-18H,5-12,19-22H2,1-4H3. The number of hydrogen-bond acceptors (Lipinski definition) is 2. The molecule has 2 heterocycles. The average Bonchev–Trinajstić information content (AvgIpc) is 3.44. The van der Waals surface area contributed by atoms with E-state index in [1.165, 1.54) is 51.4 Å². The normalized spacial score (nSPS) is 12.6. The van der Waals surface area contributed by atoms with Crippen LogP contribution in [0.25, 0.3) is 0 Å². The Hall–Kier alpha value is -0.166. The first-order valence-corrected chi connectivity index (χ1v) is 19.4. The Morgan fingerprint density at radius 1 is 0.571 bits per heavy atom. The average molecular weight is 451 g/mol. The third-order valence-electron chi connectivity index (χ3n) is 6.73. The number of thiophene rings is 2. The van der Waals surface area contributed by atoms with Gasteiger partial charge >= 0.3 is 0 Å². The molecule has 0 atom stereocenters. The van der Waals surface area contributed by atoms with E-state index >= 15 is 0 Å². The monoisotopic (exact) mass is 450 g/mol. The maximum absolute atomic E-state index is 2.56. The molecule has 28 heavy (non-hydrogen) atoms. The van der Waals surface area contributed by atoms with Crippen molar-refractivity contribution in [3.63, 3.8) is 0 Å². The minimum absolute atomic E-state index is 1.35. The molecule has 0 saturated heterocycles. The van der Waals surface area contributed by atoms with E-state index in [9.17, 15) is 0 Å². The van der Waals surface area contributed by atoms with Gasteiger partial charge in [0, 0.05) is 0 Å². The highest BCUT2D eigenvalue weighted by molar-refractivity contribution is 7.59. The zero-order valence-corrected chi connectivity index (χ0v) is 22.4. The third-order valence-corrected chi connectivity index (χ3v) is 31.2. The first-order valence-electron chi connectivity index (χ1n) is 11.8. The van der Waals surface area contributed by atoms with Gasteiger partial charge in [-0.3, -0.25) is 0 Å². The summed E-state index contributed by atoms with van der Waals surface area (Å²) in [5.41, 5.74) is 0. The maximum Gasteiger partial charge on any atom is 0.0992 e. The molecule has 2 rings (SSSR count). The van der Waals surface area contributed by atoms with E-state index in [1.807, 2.05) is 9.00 Å². The summed E-state index contributed by atoms with van der Waals surface area (Å²) in [7, 11) is -3.10. The van der Waals surface area contributed by atoms with E-state index in [4.69, 9.17) is 0 Å². The Balaban J connectivity index is 2.69. The van der Waals surface area contributed by atoms with Crippen molar-refractivity contribution in [2.45, 2.75) is 103 Å². The molecule has 0 bridgehead atoms. The van der Waals surface area contributed by atoms with Gasteiger partial charge in [-0.15, -0.1) is 0 Å². The largest absolute Gasteiger partial charge is 0.154 e. The summed E-state index contributed by atoms with van der Waals surface area (Å²) in [5, 5.41) is 4.75. The molecule has 2 aromatic heterocycles. The fourth-order valence-corrected chi connectivity index (χ4v) is 34.3. The lowest BCUT2D eigenvalue weighted by molar-refractivity contribution is 0.822. The van der Waals surface area contributed by atoms with Crippen LogP contribution < -0.4 is 9.00 Å². The maximum atomic E-state index is 2.56. The molecule has 4 heteroatoms. The third kappa shape index (κ3) is 5.30. The Morgan fingerprint density at radius 3 is 1.11 bits per heavy atom. The second-order valence-corrected chi connectivity index (χ2v) is 24.3. The topological polar surface area (TPSA) is 0 Å². The first kappa shape index (κ1) is 24.1. The molecule has 0 aliphatic carbocycles. The molecule has 0 amide bonds. The summed E-state index contributed by atoms with van der Waals surface area (Å²) < 4.78 is 3.73. The zero-order chi connectivity index (χ0) is 20.3. The van der Waals surface area contributed by atoms with Gasteiger partial charge in [-0.05, 0) is 19.8 Å². The molecule has 0 spiro atoms. The SMILES string of the molecule is CCCC[Si](CCCC)(c1cccs1)[Si](CCCC)(CCCC)c1cccs1. The van der Waals surface area contributed by atoms with Crippen molar-refractivity contribution in [3.8, 4) is 0 Å². The fourth-order valence-electron chi connectivity index (χ4n) is 5.19. The van der Waals surface area contributed by atoms with Crippen LogP contribution in [0, 0.1) is 0 Å². The summed E-state index contributed by atoms with van der Waals surface area (Å²) in [4.78, 5) is 0. The molecular weight excluding hydrogens is 409 g/mol. The lowest BCUT2D eigenvalue weighted by atomic mass is 10.4. The molecule has 0 aromatic carbocycles. The summed E-state index contributed by atoms with van der Waals surface area (Å²) in [6.45, 7) is 9.61. The zero-order valence-electron chi connectivity index (χ0n) is 18.8. The predicted molar refractivity (Wildman–Crippen MR) is 138 cm³/mol. The van der Waals surface area contributed by atoms with Crippen molar-refractivity contribution < 1.29 is 0 Å². The quantitative estimate of drug-likeness (QED) is 0.240. The van der Waals surface area contributed by atoms with Crippen molar-refractivity contribution in [1.29, 1.82) is 0 Å². The van der Waals surface area contributed by atoms with Gasteiger partial charge in [0.15, 0.2) is 0 Å². The van der Waals surface area contributed by atoms with Crippen molar-refractivity contribution >= 4 is 46.9 Å². The number of unbranched alkanes of at least 4 members (excludes halogenated alkanes) is 4. The van der Waals surface area contributed by atoms with Gasteiger partial charge in [0.05, 0.1) is 15.2 Å². The van der Waals surface area contributed by atoms with Gasteiger partial charge < -0.3 is 0 Å². The van der Waals surface area contributed by atoms with Crippen molar-refractivity contribution in [2.75, 3.05) is 0 Å². The molecule has 0 radical (unpaired) electrons. The van der Waals surface area contributed by atoms with Gasteiger partial charge in [0.2, 0.25) is 0 Å². The molecule has 0 fully saturated rings. The molecule has 158 valence electrons. The van der Waals surface area contributed by atoms with Gasteiger partial charge in [0.1, 0.15) is 0 Å². The highest BCUT2D eigenvalue weighted by Crippen LogP contribution is 2.40. The highest BCUT2D eigenvalue weighted by Gasteiger charge is 2.56. The van der Waals surface area contributed by atoms with Crippen molar-refractivity contribution in [1.82, 2.24) is 0 Å². The molecule has 0 unspecified atom stereocenters. The summed E-state index contributed by atoms with van der Waals surface area (Å²) in [6, 6.07) is 16.0. The fraction of sp³-hybridized carbons (Fsp3) is 0.667. The Bertz CT molecular complexity index is 547. The molecule has 0 aliphatic rings. The second kappa shape index (κ2) is 12.5. The summed E-state index contributed by atoms with van der Waals surface area (Å²) in [6.07, 6.45) is 11.1. The van der Waals surface area contributed by atoms with Crippen LogP contribution in [0.15, 0.2) is 35.0 Å². The first-order chi connectivity index (χ1) is 13.7. The molecule has 0 N–H and O–H groups in total. The molecule has 0 aliphatic heterocycles. The van der Waals surface area contributed by atoms with E-state index in [1.54, 1.807) is 24.2 Å². The van der Waals surface area contributed by atoms with Crippen molar-refractivity contribution in [2.24, 2.45) is 0 Å². The van der Waals surface area contributed by atoms with Crippen LogP contribution in [-0.2, 0) is 0 Å². The number of rotatable bonds is 15. The van der Waals surface area contributed by atoms with E-state index in [-0.39, 0.29) is 0 Å². The minimum Gasteiger partial charge on any atom is -0.154 e. The molecular formula is C24H42S2Si2. The predicted octanol–water partition coefficient (Wildman–Crippen LogP) is 8.10. The Kier molecular flexibility index (Phi) is 10.8. The van der Waals surface area contributed by atoms with Gasteiger partial charge in [-0.2, -0.15) is 22.7 Å². The summed E-state index contributed by atoms with van der Waals surface area (Å²) >= 11 is 4.25. The lowest BCUT2D eigenvalue weighted by Gasteiger charge is -2.48. The van der Waals surface area contributed by atoms with Crippen LogP contribution in [0.3, 0.4) is 0 Å². The van der Waals surface area contributed by atoms with Crippen molar-refractivity contribution in [3.05, 3.63) is 35.0 Å². The van der Waals surface area contributed by atoms with Gasteiger partial charge in [-0.1, -0.05) is 128 Å². The van der Waals surface area contributed by atoms with E-state index in [2.05, 4.69) is 85.4 Å².